The number of hydrogen-bond acceptors (Lipinski definition) is 5. The van der Waals surface area contributed by atoms with E-state index in [-0.39, 0.29) is 22.8 Å². The van der Waals surface area contributed by atoms with E-state index in [2.05, 4.69) is 0 Å². The zero-order valence-electron chi connectivity index (χ0n) is 8.40. The molecule has 0 saturated heterocycles. The van der Waals surface area contributed by atoms with E-state index in [0.717, 1.165) is 6.42 Å². The molecule has 1 aromatic rings. The van der Waals surface area contributed by atoms with Crippen LogP contribution in [-0.4, -0.2) is 11.5 Å². The Hall–Kier alpha value is -1.98. The van der Waals surface area contributed by atoms with Crippen LogP contribution in [0.2, 0.25) is 0 Å². The van der Waals surface area contributed by atoms with Gasteiger partial charge in [-0.3, -0.25) is 10.1 Å². The van der Waals surface area contributed by atoms with Gasteiger partial charge < -0.3 is 16.2 Å². The molecule has 6 nitrogen and oxygen atoms in total. The fraction of sp³-hybridized carbons (Fsp3) is 0.333. The van der Waals surface area contributed by atoms with Crippen molar-refractivity contribution in [1.29, 1.82) is 0 Å². The van der Waals surface area contributed by atoms with E-state index in [4.69, 9.17) is 16.2 Å². The molecule has 1 aromatic carbocycles. The van der Waals surface area contributed by atoms with Crippen LogP contribution in [0.25, 0.3) is 0 Å². The van der Waals surface area contributed by atoms with Gasteiger partial charge in [0.2, 0.25) is 5.75 Å². The molecule has 82 valence electrons. The van der Waals surface area contributed by atoms with E-state index in [1.807, 2.05) is 6.92 Å². The summed E-state index contributed by atoms with van der Waals surface area (Å²) < 4.78 is 5.21. The summed E-state index contributed by atoms with van der Waals surface area (Å²) in [5, 5.41) is 10.7. The first kappa shape index (κ1) is 11.1. The van der Waals surface area contributed by atoms with E-state index >= 15 is 0 Å². The van der Waals surface area contributed by atoms with Crippen molar-refractivity contribution in [3.8, 4) is 5.75 Å². The number of nitrogens with two attached hydrogens (primary N) is 2. The first-order chi connectivity index (χ1) is 7.06. The summed E-state index contributed by atoms with van der Waals surface area (Å²) in [6.07, 6.45) is 0.751. The van der Waals surface area contributed by atoms with Crippen LogP contribution in [0.5, 0.6) is 5.75 Å². The Morgan fingerprint density at radius 1 is 1.47 bits per heavy atom. The molecule has 0 bridgehead atoms. The summed E-state index contributed by atoms with van der Waals surface area (Å²) >= 11 is 0. The van der Waals surface area contributed by atoms with Gasteiger partial charge in [-0.2, -0.15) is 0 Å². The molecule has 6 heteroatoms. The van der Waals surface area contributed by atoms with E-state index in [0.29, 0.717) is 6.61 Å². The van der Waals surface area contributed by atoms with Crippen molar-refractivity contribution < 1.29 is 9.66 Å². The van der Waals surface area contributed by atoms with E-state index in [1.54, 1.807) is 0 Å². The van der Waals surface area contributed by atoms with Gasteiger partial charge in [-0.1, -0.05) is 6.92 Å². The smallest absolute Gasteiger partial charge is 0.315 e. The molecule has 0 aromatic heterocycles. The molecule has 0 fully saturated rings. The Labute approximate surface area is 87.0 Å². The summed E-state index contributed by atoms with van der Waals surface area (Å²) in [7, 11) is 0. The number of nitrogen functional groups attached to an aromatic ring is 2. The lowest BCUT2D eigenvalue weighted by atomic mass is 10.2. The van der Waals surface area contributed by atoms with Crippen molar-refractivity contribution in [2.24, 2.45) is 0 Å². The second-order valence-electron chi connectivity index (χ2n) is 3.06. The molecule has 0 heterocycles. The molecule has 1 rings (SSSR count). The van der Waals surface area contributed by atoms with E-state index in [9.17, 15) is 10.1 Å². The Morgan fingerprint density at radius 2 is 2.13 bits per heavy atom. The fourth-order valence-corrected chi connectivity index (χ4v) is 1.16. The molecule has 4 N–H and O–H groups in total. The maximum atomic E-state index is 10.7. The summed E-state index contributed by atoms with van der Waals surface area (Å²) in [4.78, 5) is 10.1. The number of anilines is 2. The third-order valence-electron chi connectivity index (χ3n) is 1.77. The Bertz CT molecular complexity index is 379. The molecule has 0 unspecified atom stereocenters. The highest BCUT2D eigenvalue weighted by Gasteiger charge is 2.19. The van der Waals surface area contributed by atoms with Crippen molar-refractivity contribution in [2.45, 2.75) is 13.3 Å². The molecule has 15 heavy (non-hydrogen) atoms. The number of rotatable bonds is 4. The molecular formula is C9H13N3O3. The average Bonchev–Trinajstić information content (AvgIpc) is 2.15. The number of hydrogen-bond donors (Lipinski definition) is 2. The largest absolute Gasteiger partial charge is 0.485 e. The van der Waals surface area contributed by atoms with Gasteiger partial charge >= 0.3 is 5.69 Å². The van der Waals surface area contributed by atoms with E-state index < -0.39 is 4.92 Å². The maximum Gasteiger partial charge on any atom is 0.315 e. The van der Waals surface area contributed by atoms with Crippen molar-refractivity contribution in [3.63, 3.8) is 0 Å². The van der Waals surface area contributed by atoms with Crippen LogP contribution in [0.15, 0.2) is 12.1 Å². The van der Waals surface area contributed by atoms with Gasteiger partial charge in [0, 0.05) is 11.8 Å². The SMILES string of the molecule is CCCOc1c(N)cc(N)cc1[N+](=O)[O-]. The number of nitro groups is 1. The predicted octanol–water partition coefficient (Wildman–Crippen LogP) is 1.55. The molecule has 0 atom stereocenters. The normalized spacial score (nSPS) is 9.93. The predicted molar refractivity (Wildman–Crippen MR) is 57.7 cm³/mol. The van der Waals surface area contributed by atoms with Crippen LogP contribution in [0.1, 0.15) is 13.3 Å². The van der Waals surface area contributed by atoms with E-state index in [1.165, 1.54) is 12.1 Å². The monoisotopic (exact) mass is 211 g/mol. The lowest BCUT2D eigenvalue weighted by Crippen LogP contribution is -2.04. The summed E-state index contributed by atoms with van der Waals surface area (Å²) in [5.41, 5.74) is 11.3. The number of benzene rings is 1. The van der Waals surface area contributed by atoms with Crippen LogP contribution in [0.4, 0.5) is 17.1 Å². The fourth-order valence-electron chi connectivity index (χ4n) is 1.16. The van der Waals surface area contributed by atoms with Crippen LogP contribution < -0.4 is 16.2 Å². The molecule has 0 radical (unpaired) electrons. The summed E-state index contributed by atoms with van der Waals surface area (Å²) in [6, 6.07) is 2.68. The Morgan fingerprint density at radius 3 is 2.67 bits per heavy atom. The molecular weight excluding hydrogens is 198 g/mol. The minimum absolute atomic E-state index is 0.0936. The molecule has 0 saturated carbocycles. The number of ether oxygens (including phenoxy) is 1. The first-order valence-corrected chi connectivity index (χ1v) is 4.52. The first-order valence-electron chi connectivity index (χ1n) is 4.52. The minimum atomic E-state index is -0.558. The van der Waals surface area contributed by atoms with Crippen molar-refractivity contribution in [1.82, 2.24) is 0 Å². The zero-order valence-corrected chi connectivity index (χ0v) is 8.40. The Kier molecular flexibility index (Phi) is 3.33. The summed E-state index contributed by atoms with van der Waals surface area (Å²) in [6.45, 7) is 2.29. The molecule has 0 aliphatic heterocycles. The molecule has 0 aliphatic rings. The quantitative estimate of drug-likeness (QED) is 0.446. The van der Waals surface area contributed by atoms with Crippen molar-refractivity contribution >= 4 is 17.1 Å². The van der Waals surface area contributed by atoms with Crippen LogP contribution in [0.3, 0.4) is 0 Å². The van der Waals surface area contributed by atoms with Crippen molar-refractivity contribution in [2.75, 3.05) is 18.1 Å². The summed E-state index contributed by atoms with van der Waals surface area (Å²) in [5.74, 6) is 0.0936. The molecule has 0 amide bonds. The van der Waals surface area contributed by atoms with Gasteiger partial charge in [-0.05, 0) is 12.5 Å². The van der Waals surface area contributed by atoms with Gasteiger partial charge in [-0.25, -0.2) is 0 Å². The molecule has 0 spiro atoms. The highest BCUT2D eigenvalue weighted by molar-refractivity contribution is 5.70. The van der Waals surface area contributed by atoms with Gasteiger partial charge in [-0.15, -0.1) is 0 Å². The minimum Gasteiger partial charge on any atom is -0.485 e. The second kappa shape index (κ2) is 4.50. The van der Waals surface area contributed by atoms with Crippen LogP contribution >= 0.6 is 0 Å². The highest BCUT2D eigenvalue weighted by atomic mass is 16.6. The molecule has 0 aliphatic carbocycles. The van der Waals surface area contributed by atoms with Gasteiger partial charge in [0.25, 0.3) is 0 Å². The van der Waals surface area contributed by atoms with Crippen molar-refractivity contribution in [3.05, 3.63) is 22.2 Å². The van der Waals surface area contributed by atoms with Gasteiger partial charge in [0.15, 0.2) is 0 Å². The maximum absolute atomic E-state index is 10.7. The standard InChI is InChI=1S/C9H13N3O3/c1-2-3-15-9-7(11)4-6(10)5-8(9)12(13)14/h4-5H,2-3,10-11H2,1H3. The second-order valence-corrected chi connectivity index (χ2v) is 3.06. The van der Waals surface area contributed by atoms with Gasteiger partial charge in [0.05, 0.1) is 17.2 Å². The topological polar surface area (TPSA) is 104 Å². The third kappa shape index (κ3) is 2.49. The van der Waals surface area contributed by atoms with Crippen LogP contribution in [0, 0.1) is 10.1 Å². The lowest BCUT2D eigenvalue weighted by Gasteiger charge is -2.08. The lowest BCUT2D eigenvalue weighted by molar-refractivity contribution is -0.385. The van der Waals surface area contributed by atoms with Gasteiger partial charge in [0.1, 0.15) is 0 Å². The zero-order chi connectivity index (χ0) is 11.4. The van der Waals surface area contributed by atoms with Crippen LogP contribution in [-0.2, 0) is 0 Å². The Balaban J connectivity index is 3.15. The third-order valence-corrected chi connectivity index (χ3v) is 1.77. The number of nitro benzene ring substituents is 1. The average molecular weight is 211 g/mol. The number of nitrogens with zero attached hydrogens (tertiary/aromatic N) is 1. The highest BCUT2D eigenvalue weighted by Crippen LogP contribution is 2.35.